The van der Waals surface area contributed by atoms with E-state index >= 15 is 0 Å². The molecule has 0 saturated carbocycles. The maximum Gasteiger partial charge on any atom is 0.224 e. The third-order valence-corrected chi connectivity index (χ3v) is 5.07. The Morgan fingerprint density at radius 1 is 1.42 bits per heavy atom. The van der Waals surface area contributed by atoms with Crippen molar-refractivity contribution in [3.05, 3.63) is 42.5 Å². The molecule has 0 aliphatic carbocycles. The Labute approximate surface area is 155 Å². The summed E-state index contributed by atoms with van der Waals surface area (Å²) >= 11 is 0. The normalized spacial score (nSPS) is 18.3. The number of hydrogen-bond donors (Lipinski definition) is 2. The summed E-state index contributed by atoms with van der Waals surface area (Å²) in [7, 11) is 1.94. The van der Waals surface area contributed by atoms with Crippen molar-refractivity contribution in [2.45, 2.75) is 32.8 Å². The average Bonchev–Trinajstić information content (AvgIpc) is 3.06. The van der Waals surface area contributed by atoms with Gasteiger partial charge in [0.25, 0.3) is 0 Å². The van der Waals surface area contributed by atoms with Crippen LogP contribution in [0.3, 0.4) is 0 Å². The van der Waals surface area contributed by atoms with Gasteiger partial charge < -0.3 is 19.9 Å². The first-order valence-electron chi connectivity index (χ1n) is 9.31. The number of carbonyl (C=O) groups is 1. The monoisotopic (exact) mass is 356 g/mol. The minimum Gasteiger partial charge on any atom is -0.486 e. The van der Waals surface area contributed by atoms with Crippen molar-refractivity contribution < 1.29 is 9.53 Å². The molecular formula is C20H28N4O2. The quantitative estimate of drug-likeness (QED) is 0.800. The molecule has 1 amide bonds. The number of anilines is 1. The van der Waals surface area contributed by atoms with Crippen LogP contribution in [-0.2, 0) is 18.4 Å². The Morgan fingerprint density at radius 3 is 2.88 bits per heavy atom. The standard InChI is InChI=1S/C20H28N4O2/c1-15(16-4-3-9-21-13-16)12-20(25)23-17-5-7-18(8-6-17)26-14-19-22-10-11-24(19)2/h5-8,10-11,15-16,21H,3-4,9,12-14H2,1-2H3,(H,23,25). The van der Waals surface area contributed by atoms with Gasteiger partial charge in [-0.05, 0) is 62.0 Å². The van der Waals surface area contributed by atoms with E-state index < -0.39 is 0 Å². The van der Waals surface area contributed by atoms with Gasteiger partial charge in [-0.25, -0.2) is 4.98 Å². The van der Waals surface area contributed by atoms with Crippen molar-refractivity contribution in [3.8, 4) is 5.75 Å². The lowest BCUT2D eigenvalue weighted by Gasteiger charge is -2.28. The summed E-state index contributed by atoms with van der Waals surface area (Å²) in [4.78, 5) is 16.5. The van der Waals surface area contributed by atoms with Crippen LogP contribution in [0, 0.1) is 11.8 Å². The highest BCUT2D eigenvalue weighted by Gasteiger charge is 2.22. The smallest absolute Gasteiger partial charge is 0.224 e. The number of carbonyl (C=O) groups excluding carboxylic acids is 1. The fourth-order valence-electron chi connectivity index (χ4n) is 3.35. The van der Waals surface area contributed by atoms with Crippen LogP contribution in [0.15, 0.2) is 36.7 Å². The Morgan fingerprint density at radius 2 is 2.23 bits per heavy atom. The zero-order valence-electron chi connectivity index (χ0n) is 15.6. The summed E-state index contributed by atoms with van der Waals surface area (Å²) in [5.41, 5.74) is 0.799. The van der Waals surface area contributed by atoms with Crippen LogP contribution in [0.2, 0.25) is 0 Å². The molecule has 1 aromatic heterocycles. The van der Waals surface area contributed by atoms with Crippen molar-refractivity contribution >= 4 is 11.6 Å². The number of piperidine rings is 1. The van der Waals surface area contributed by atoms with E-state index in [2.05, 4.69) is 22.5 Å². The molecule has 2 heterocycles. The number of benzene rings is 1. The lowest BCUT2D eigenvalue weighted by Crippen LogP contribution is -2.34. The molecule has 140 valence electrons. The van der Waals surface area contributed by atoms with Gasteiger partial charge in [-0.3, -0.25) is 4.79 Å². The summed E-state index contributed by atoms with van der Waals surface area (Å²) in [6, 6.07) is 7.48. The van der Waals surface area contributed by atoms with E-state index in [1.165, 1.54) is 12.8 Å². The van der Waals surface area contributed by atoms with Gasteiger partial charge in [0.1, 0.15) is 18.2 Å². The van der Waals surface area contributed by atoms with E-state index in [0.29, 0.717) is 24.9 Å². The van der Waals surface area contributed by atoms with E-state index in [4.69, 9.17) is 4.74 Å². The molecule has 1 aliphatic rings. The molecule has 1 aliphatic heterocycles. The Kier molecular flexibility index (Phi) is 6.28. The van der Waals surface area contributed by atoms with Crippen LogP contribution in [0.5, 0.6) is 5.75 Å². The number of nitrogens with zero attached hydrogens (tertiary/aromatic N) is 2. The second-order valence-corrected chi connectivity index (χ2v) is 7.10. The van der Waals surface area contributed by atoms with Gasteiger partial charge in [0.05, 0.1) is 0 Å². The van der Waals surface area contributed by atoms with Crippen LogP contribution < -0.4 is 15.4 Å². The van der Waals surface area contributed by atoms with Gasteiger partial charge in [0.15, 0.2) is 0 Å². The Bertz CT molecular complexity index is 705. The predicted octanol–water partition coefficient (Wildman–Crippen LogP) is 2.96. The van der Waals surface area contributed by atoms with Crippen molar-refractivity contribution in [1.29, 1.82) is 0 Å². The molecule has 0 bridgehead atoms. The highest BCUT2D eigenvalue weighted by atomic mass is 16.5. The van der Waals surface area contributed by atoms with Gasteiger partial charge in [-0.15, -0.1) is 0 Å². The molecule has 0 radical (unpaired) electrons. The van der Waals surface area contributed by atoms with Gasteiger partial charge in [0.2, 0.25) is 5.91 Å². The first kappa shape index (κ1) is 18.5. The molecule has 6 nitrogen and oxygen atoms in total. The van der Waals surface area contributed by atoms with Gasteiger partial charge >= 0.3 is 0 Å². The van der Waals surface area contributed by atoms with Gasteiger partial charge in [-0.1, -0.05) is 6.92 Å². The molecule has 0 spiro atoms. The van der Waals surface area contributed by atoms with E-state index in [0.717, 1.165) is 30.4 Å². The fourth-order valence-corrected chi connectivity index (χ4v) is 3.35. The average molecular weight is 356 g/mol. The molecule has 2 aromatic rings. The van der Waals surface area contributed by atoms with Crippen LogP contribution >= 0.6 is 0 Å². The molecule has 2 N–H and O–H groups in total. The van der Waals surface area contributed by atoms with Crippen LogP contribution in [0.25, 0.3) is 0 Å². The molecule has 1 fully saturated rings. The first-order valence-corrected chi connectivity index (χ1v) is 9.31. The largest absolute Gasteiger partial charge is 0.486 e. The van der Waals surface area contributed by atoms with Crippen LogP contribution in [0.4, 0.5) is 5.69 Å². The number of ether oxygens (including phenoxy) is 1. The van der Waals surface area contributed by atoms with Gasteiger partial charge in [0, 0.05) is 31.5 Å². The fraction of sp³-hybridized carbons (Fsp3) is 0.500. The number of hydrogen-bond acceptors (Lipinski definition) is 4. The second kappa shape index (κ2) is 8.85. The molecular weight excluding hydrogens is 328 g/mol. The highest BCUT2D eigenvalue weighted by molar-refractivity contribution is 5.90. The summed E-state index contributed by atoms with van der Waals surface area (Å²) in [5.74, 6) is 2.69. The Hall–Kier alpha value is -2.34. The summed E-state index contributed by atoms with van der Waals surface area (Å²) in [6.45, 7) is 4.72. The van der Waals surface area contributed by atoms with E-state index in [1.807, 2.05) is 42.1 Å². The first-order chi connectivity index (χ1) is 12.6. The minimum absolute atomic E-state index is 0.0738. The number of imidazole rings is 1. The number of aromatic nitrogens is 2. The molecule has 1 aromatic carbocycles. The van der Waals surface area contributed by atoms with Crippen LogP contribution in [-0.4, -0.2) is 28.5 Å². The van der Waals surface area contributed by atoms with E-state index in [9.17, 15) is 4.79 Å². The number of rotatable bonds is 7. The number of amides is 1. The van der Waals surface area contributed by atoms with Gasteiger partial charge in [-0.2, -0.15) is 0 Å². The molecule has 26 heavy (non-hydrogen) atoms. The molecule has 6 heteroatoms. The molecule has 2 unspecified atom stereocenters. The van der Waals surface area contributed by atoms with Crippen molar-refractivity contribution in [1.82, 2.24) is 14.9 Å². The zero-order valence-corrected chi connectivity index (χ0v) is 15.6. The maximum atomic E-state index is 12.3. The summed E-state index contributed by atoms with van der Waals surface area (Å²) in [5, 5.41) is 6.41. The highest BCUT2D eigenvalue weighted by Crippen LogP contribution is 2.23. The van der Waals surface area contributed by atoms with Crippen LogP contribution in [0.1, 0.15) is 32.0 Å². The number of aryl methyl sites for hydroxylation is 1. The minimum atomic E-state index is 0.0738. The summed E-state index contributed by atoms with van der Waals surface area (Å²) < 4.78 is 7.66. The molecule has 1 saturated heterocycles. The van der Waals surface area contributed by atoms with Crippen molar-refractivity contribution in [2.24, 2.45) is 18.9 Å². The van der Waals surface area contributed by atoms with Crippen molar-refractivity contribution in [2.75, 3.05) is 18.4 Å². The topological polar surface area (TPSA) is 68.2 Å². The summed E-state index contributed by atoms with van der Waals surface area (Å²) in [6.07, 6.45) is 6.62. The van der Waals surface area contributed by atoms with E-state index in [-0.39, 0.29) is 5.91 Å². The third-order valence-electron chi connectivity index (χ3n) is 5.07. The molecule has 3 rings (SSSR count). The molecule has 2 atom stereocenters. The lowest BCUT2D eigenvalue weighted by molar-refractivity contribution is -0.117. The maximum absolute atomic E-state index is 12.3. The lowest BCUT2D eigenvalue weighted by atomic mass is 9.85. The van der Waals surface area contributed by atoms with E-state index in [1.54, 1.807) is 6.20 Å². The predicted molar refractivity (Wildman–Crippen MR) is 102 cm³/mol. The third kappa shape index (κ3) is 5.08. The second-order valence-electron chi connectivity index (χ2n) is 7.10. The Balaban J connectivity index is 1.45. The number of nitrogens with one attached hydrogen (secondary N) is 2. The van der Waals surface area contributed by atoms with Crippen molar-refractivity contribution in [3.63, 3.8) is 0 Å². The SMILES string of the molecule is CC(CC(=O)Nc1ccc(OCc2nccn2C)cc1)C1CCCNC1. The zero-order chi connectivity index (χ0) is 18.4.